The van der Waals surface area contributed by atoms with Crippen LogP contribution in [0.1, 0.15) is 24.8 Å². The Morgan fingerprint density at radius 3 is 2.41 bits per heavy atom. The molecule has 1 aromatic heterocycles. The molecule has 6 nitrogen and oxygen atoms in total. The van der Waals surface area contributed by atoms with Gasteiger partial charge in [0, 0.05) is 17.1 Å². The quantitative estimate of drug-likeness (QED) is 0.172. The molecule has 0 bridgehead atoms. The first-order chi connectivity index (χ1) is 13.1. The lowest BCUT2D eigenvalue weighted by Gasteiger charge is -2.22. The standard InChI is InChI=1S/C19H28N4O2S2/c20-8-4-3-7-16(18(24)11-26)22-23-17(19(25)12-27)9-13-10-21-15-6-2-1-5-14(13)15/h1-2,5-6,10,16-17,21-23,26-27H,3-4,7-9,11-12,20H2/t16-,17-/m0/s1. The van der Waals surface area contributed by atoms with Gasteiger partial charge in [-0.2, -0.15) is 25.3 Å². The van der Waals surface area contributed by atoms with Crippen LogP contribution in [0.4, 0.5) is 0 Å². The number of carbonyl (C=O) groups is 2. The number of nitrogens with one attached hydrogen (secondary N) is 3. The number of aromatic amines is 1. The lowest BCUT2D eigenvalue weighted by molar-refractivity contribution is -0.121. The number of benzene rings is 1. The number of thiol groups is 2. The highest BCUT2D eigenvalue weighted by atomic mass is 32.1. The van der Waals surface area contributed by atoms with Crippen LogP contribution < -0.4 is 16.6 Å². The van der Waals surface area contributed by atoms with Crippen LogP contribution in [-0.4, -0.2) is 46.7 Å². The number of rotatable bonds is 13. The molecule has 2 atom stereocenters. The molecule has 2 aromatic rings. The van der Waals surface area contributed by atoms with Gasteiger partial charge in [-0.3, -0.25) is 9.59 Å². The van der Waals surface area contributed by atoms with Gasteiger partial charge >= 0.3 is 0 Å². The van der Waals surface area contributed by atoms with Crippen molar-refractivity contribution in [2.75, 3.05) is 18.1 Å². The van der Waals surface area contributed by atoms with Gasteiger partial charge in [0.05, 0.1) is 23.6 Å². The molecule has 8 heteroatoms. The molecule has 0 aliphatic heterocycles. The highest BCUT2D eigenvalue weighted by Gasteiger charge is 2.22. The number of unbranched alkanes of at least 4 members (excludes halogenated alkanes) is 1. The summed E-state index contributed by atoms with van der Waals surface area (Å²) in [6.07, 6.45) is 4.76. The van der Waals surface area contributed by atoms with E-state index < -0.39 is 12.1 Å². The highest BCUT2D eigenvalue weighted by Crippen LogP contribution is 2.19. The van der Waals surface area contributed by atoms with E-state index in [4.69, 9.17) is 5.73 Å². The fourth-order valence-corrected chi connectivity index (χ4v) is 3.43. The van der Waals surface area contributed by atoms with Crippen molar-refractivity contribution in [1.82, 2.24) is 15.8 Å². The number of ketones is 2. The summed E-state index contributed by atoms with van der Waals surface area (Å²) in [5, 5.41) is 1.09. The summed E-state index contributed by atoms with van der Waals surface area (Å²) in [5.74, 6) is 0.234. The van der Waals surface area contributed by atoms with Crippen LogP contribution in [0.15, 0.2) is 30.5 Å². The number of fused-ring (bicyclic) bond motifs is 1. The van der Waals surface area contributed by atoms with Gasteiger partial charge in [0.25, 0.3) is 0 Å². The minimum Gasteiger partial charge on any atom is -0.361 e. The number of hydrogen-bond donors (Lipinski definition) is 6. The number of nitrogens with two attached hydrogens (primary N) is 1. The molecule has 1 heterocycles. The Hall–Kier alpha value is -1.32. The summed E-state index contributed by atoms with van der Waals surface area (Å²) in [4.78, 5) is 27.7. The minimum atomic E-state index is -0.480. The molecule has 2 rings (SSSR count). The molecule has 0 spiro atoms. The van der Waals surface area contributed by atoms with Crippen LogP contribution in [0, 0.1) is 0 Å². The normalized spacial score (nSPS) is 13.6. The van der Waals surface area contributed by atoms with E-state index in [-0.39, 0.29) is 23.1 Å². The molecule has 0 fully saturated rings. The van der Waals surface area contributed by atoms with Crippen molar-refractivity contribution in [3.05, 3.63) is 36.0 Å². The molecule has 0 unspecified atom stereocenters. The fraction of sp³-hybridized carbons (Fsp3) is 0.474. The molecule has 0 saturated carbocycles. The predicted octanol–water partition coefficient (Wildman–Crippen LogP) is 1.67. The van der Waals surface area contributed by atoms with Gasteiger partial charge in [0.1, 0.15) is 0 Å². The van der Waals surface area contributed by atoms with Crippen LogP contribution in [0.2, 0.25) is 0 Å². The van der Waals surface area contributed by atoms with Crippen molar-refractivity contribution in [2.45, 2.75) is 37.8 Å². The van der Waals surface area contributed by atoms with Crippen LogP contribution in [0.5, 0.6) is 0 Å². The average Bonchev–Trinajstić information content (AvgIpc) is 3.11. The van der Waals surface area contributed by atoms with Crippen LogP contribution >= 0.6 is 25.3 Å². The van der Waals surface area contributed by atoms with Gasteiger partial charge in [0.2, 0.25) is 0 Å². The van der Waals surface area contributed by atoms with Gasteiger partial charge in [-0.15, -0.1) is 0 Å². The molecule has 0 aliphatic rings. The van der Waals surface area contributed by atoms with E-state index >= 15 is 0 Å². The first-order valence-electron chi connectivity index (χ1n) is 9.14. The van der Waals surface area contributed by atoms with E-state index in [1.807, 2.05) is 30.5 Å². The molecule has 0 saturated heterocycles. The zero-order valence-corrected chi connectivity index (χ0v) is 17.1. The third-order valence-electron chi connectivity index (χ3n) is 4.57. The number of Topliss-reactive ketones (excluding diaryl/α,β-unsaturated/α-hetero) is 2. The summed E-state index contributed by atoms with van der Waals surface area (Å²) in [6, 6.07) is 7.09. The van der Waals surface area contributed by atoms with E-state index in [1.165, 1.54) is 0 Å². The Kier molecular flexibility index (Phi) is 9.36. The van der Waals surface area contributed by atoms with Gasteiger partial charge in [0.15, 0.2) is 11.6 Å². The third-order valence-corrected chi connectivity index (χ3v) is 5.19. The average molecular weight is 409 g/mol. The summed E-state index contributed by atoms with van der Waals surface area (Å²) in [6.45, 7) is 0.594. The zero-order chi connectivity index (χ0) is 19.6. The molecule has 1 aromatic carbocycles. The van der Waals surface area contributed by atoms with Crippen molar-refractivity contribution < 1.29 is 9.59 Å². The van der Waals surface area contributed by atoms with E-state index in [9.17, 15) is 9.59 Å². The number of hydrogen-bond acceptors (Lipinski definition) is 7. The molecule has 5 N–H and O–H groups in total. The van der Waals surface area contributed by atoms with Gasteiger partial charge < -0.3 is 10.7 Å². The Labute approximate surface area is 170 Å². The van der Waals surface area contributed by atoms with Crippen molar-refractivity contribution in [3.8, 4) is 0 Å². The van der Waals surface area contributed by atoms with Crippen molar-refractivity contribution in [2.24, 2.45) is 5.73 Å². The maximum absolute atomic E-state index is 12.4. The lowest BCUT2D eigenvalue weighted by Crippen LogP contribution is -2.53. The number of para-hydroxylation sites is 1. The summed E-state index contributed by atoms with van der Waals surface area (Å²) < 4.78 is 0. The molecule has 148 valence electrons. The SMILES string of the molecule is NCCCC[C@H](NN[C@@H](Cc1c[nH]c2ccccc12)C(=O)CS)C(=O)CS. The summed E-state index contributed by atoms with van der Waals surface area (Å²) in [5.41, 5.74) is 13.7. The molecular weight excluding hydrogens is 380 g/mol. The second-order valence-corrected chi connectivity index (χ2v) is 7.12. The Bertz CT molecular complexity index is 750. The minimum absolute atomic E-state index is 0.00739. The van der Waals surface area contributed by atoms with Crippen LogP contribution in [0.25, 0.3) is 10.9 Å². The zero-order valence-electron chi connectivity index (χ0n) is 15.3. The maximum Gasteiger partial charge on any atom is 0.160 e. The monoisotopic (exact) mass is 408 g/mol. The predicted molar refractivity (Wildman–Crippen MR) is 116 cm³/mol. The molecule has 27 heavy (non-hydrogen) atoms. The smallest absolute Gasteiger partial charge is 0.160 e. The topological polar surface area (TPSA) is 100 Å². The second-order valence-electron chi connectivity index (χ2n) is 6.49. The number of hydrazine groups is 1. The van der Waals surface area contributed by atoms with Gasteiger partial charge in [-0.25, -0.2) is 10.9 Å². The first-order valence-corrected chi connectivity index (χ1v) is 10.4. The number of aromatic nitrogens is 1. The summed E-state index contributed by atoms with van der Waals surface area (Å²) >= 11 is 8.22. The number of H-pyrrole nitrogens is 1. The highest BCUT2D eigenvalue weighted by molar-refractivity contribution is 7.81. The molecule has 0 aliphatic carbocycles. The fourth-order valence-electron chi connectivity index (χ4n) is 2.99. The van der Waals surface area contributed by atoms with E-state index in [0.717, 1.165) is 29.3 Å². The largest absolute Gasteiger partial charge is 0.361 e. The van der Waals surface area contributed by atoms with Crippen LogP contribution in [0.3, 0.4) is 0 Å². The van der Waals surface area contributed by atoms with Gasteiger partial charge in [-0.05, 0) is 37.4 Å². The second kappa shape index (κ2) is 11.5. The van der Waals surface area contributed by atoms with Crippen molar-refractivity contribution >= 4 is 47.7 Å². The molecule has 0 amide bonds. The number of carbonyl (C=O) groups excluding carboxylic acids is 2. The van der Waals surface area contributed by atoms with Crippen molar-refractivity contribution in [3.63, 3.8) is 0 Å². The van der Waals surface area contributed by atoms with Crippen molar-refractivity contribution in [1.29, 1.82) is 0 Å². The molecule has 0 radical (unpaired) electrons. The van der Waals surface area contributed by atoms with E-state index in [2.05, 4.69) is 41.1 Å². The van der Waals surface area contributed by atoms with E-state index in [1.54, 1.807) is 0 Å². The first kappa shape index (κ1) is 22.0. The lowest BCUT2D eigenvalue weighted by atomic mass is 10.0. The Morgan fingerprint density at radius 2 is 1.70 bits per heavy atom. The van der Waals surface area contributed by atoms with Crippen LogP contribution in [-0.2, 0) is 16.0 Å². The third kappa shape index (κ3) is 6.36. The van der Waals surface area contributed by atoms with E-state index in [0.29, 0.717) is 19.4 Å². The Balaban J connectivity index is 2.06. The Morgan fingerprint density at radius 1 is 1.04 bits per heavy atom. The maximum atomic E-state index is 12.4. The summed E-state index contributed by atoms with van der Waals surface area (Å²) in [7, 11) is 0. The molecular formula is C19H28N4O2S2. The van der Waals surface area contributed by atoms with Gasteiger partial charge in [-0.1, -0.05) is 24.6 Å².